The number of hydrogen-bond acceptors (Lipinski definition) is 2. The molecule has 240 valence electrons. The van der Waals surface area contributed by atoms with Gasteiger partial charge in [-0.25, -0.2) is 0 Å². The third kappa shape index (κ3) is 4.18. The zero-order valence-electron chi connectivity index (χ0n) is 28.8. The van der Waals surface area contributed by atoms with Crippen LogP contribution in [0.15, 0.2) is 152 Å². The molecule has 0 saturated carbocycles. The van der Waals surface area contributed by atoms with E-state index in [0.717, 1.165) is 5.69 Å². The summed E-state index contributed by atoms with van der Waals surface area (Å²) in [5.41, 5.74) is 16.7. The second-order valence-electron chi connectivity index (χ2n) is 15.0. The van der Waals surface area contributed by atoms with Gasteiger partial charge >= 0.3 is 0 Å². The molecule has 0 bridgehead atoms. The Labute approximate surface area is 298 Å². The van der Waals surface area contributed by atoms with Crippen LogP contribution in [0.2, 0.25) is 0 Å². The maximum atomic E-state index is 2.47. The SMILES string of the molecule is CC1(C)c2ccccc2-c2ccc(N(c3cccc(-c4ccc5sc6ccccc6c5c4)c3)c3ccc4c(c3)C(C)(C)c3ccccc3-4)cc21. The number of anilines is 3. The highest BCUT2D eigenvalue weighted by Gasteiger charge is 2.37. The van der Waals surface area contributed by atoms with E-state index in [1.54, 1.807) is 0 Å². The Morgan fingerprint density at radius 2 is 0.900 bits per heavy atom. The van der Waals surface area contributed by atoms with Crippen molar-refractivity contribution < 1.29 is 0 Å². The van der Waals surface area contributed by atoms with E-state index in [0.29, 0.717) is 0 Å². The van der Waals surface area contributed by atoms with Crippen molar-refractivity contribution >= 4 is 48.6 Å². The number of hydrogen-bond donors (Lipinski definition) is 0. The van der Waals surface area contributed by atoms with E-state index in [-0.39, 0.29) is 10.8 Å². The molecule has 0 spiro atoms. The summed E-state index contributed by atoms with van der Waals surface area (Å²) in [6, 6.07) is 56.8. The highest BCUT2D eigenvalue weighted by atomic mass is 32.1. The van der Waals surface area contributed by atoms with Gasteiger partial charge in [0.15, 0.2) is 0 Å². The van der Waals surface area contributed by atoms with Crippen molar-refractivity contribution in [3.05, 3.63) is 174 Å². The van der Waals surface area contributed by atoms with Crippen LogP contribution in [0.1, 0.15) is 49.9 Å². The lowest BCUT2D eigenvalue weighted by Crippen LogP contribution is -2.18. The van der Waals surface area contributed by atoms with Crippen LogP contribution in [0.3, 0.4) is 0 Å². The first-order chi connectivity index (χ1) is 24.3. The Morgan fingerprint density at radius 3 is 1.56 bits per heavy atom. The van der Waals surface area contributed by atoms with Crippen molar-refractivity contribution in [2.75, 3.05) is 4.90 Å². The monoisotopic (exact) mass is 659 g/mol. The van der Waals surface area contributed by atoms with Crippen molar-refractivity contribution in [3.63, 3.8) is 0 Å². The van der Waals surface area contributed by atoms with Crippen LogP contribution in [0.5, 0.6) is 0 Å². The summed E-state index contributed by atoms with van der Waals surface area (Å²) in [4.78, 5) is 2.47. The first-order valence-corrected chi connectivity index (χ1v) is 18.4. The molecular formula is C48H37NS. The Bertz CT molecular complexity index is 2560. The van der Waals surface area contributed by atoms with Gasteiger partial charge in [-0.1, -0.05) is 125 Å². The summed E-state index contributed by atoms with van der Waals surface area (Å²) in [5.74, 6) is 0. The van der Waals surface area contributed by atoms with Gasteiger partial charge < -0.3 is 4.90 Å². The average molecular weight is 660 g/mol. The van der Waals surface area contributed by atoms with Gasteiger partial charge in [-0.05, 0) is 110 Å². The average Bonchev–Trinajstić information content (AvgIpc) is 3.71. The Kier molecular flexibility index (Phi) is 6.21. The van der Waals surface area contributed by atoms with E-state index in [9.17, 15) is 0 Å². The lowest BCUT2D eigenvalue weighted by atomic mass is 9.82. The molecule has 1 aromatic heterocycles. The van der Waals surface area contributed by atoms with Crippen LogP contribution in [0.25, 0.3) is 53.6 Å². The van der Waals surface area contributed by atoms with Gasteiger partial charge in [-0.15, -0.1) is 11.3 Å². The van der Waals surface area contributed by atoms with Crippen LogP contribution in [-0.4, -0.2) is 0 Å². The van der Waals surface area contributed by atoms with Crippen molar-refractivity contribution in [1.82, 2.24) is 0 Å². The molecule has 0 N–H and O–H groups in total. The summed E-state index contributed by atoms with van der Waals surface area (Å²) in [6.07, 6.45) is 0. The fraction of sp³-hybridized carbons (Fsp3) is 0.125. The predicted molar refractivity (Wildman–Crippen MR) is 215 cm³/mol. The Hall–Kier alpha value is -5.44. The molecule has 0 amide bonds. The van der Waals surface area contributed by atoms with E-state index in [1.165, 1.54) is 87.2 Å². The van der Waals surface area contributed by atoms with E-state index in [4.69, 9.17) is 0 Å². The topological polar surface area (TPSA) is 3.24 Å². The predicted octanol–water partition coefficient (Wildman–Crippen LogP) is 13.8. The van der Waals surface area contributed by atoms with Gasteiger partial charge in [0.1, 0.15) is 0 Å². The minimum Gasteiger partial charge on any atom is -0.310 e. The van der Waals surface area contributed by atoms with Crippen LogP contribution in [-0.2, 0) is 10.8 Å². The van der Waals surface area contributed by atoms with Gasteiger partial charge in [0.25, 0.3) is 0 Å². The number of thiophene rings is 1. The molecule has 1 nitrogen and oxygen atoms in total. The highest BCUT2D eigenvalue weighted by Crippen LogP contribution is 2.53. The summed E-state index contributed by atoms with van der Waals surface area (Å²) < 4.78 is 2.67. The molecule has 0 unspecified atom stereocenters. The highest BCUT2D eigenvalue weighted by molar-refractivity contribution is 7.25. The van der Waals surface area contributed by atoms with E-state index in [1.807, 2.05) is 11.3 Å². The molecule has 0 saturated heterocycles. The van der Waals surface area contributed by atoms with Crippen LogP contribution in [0, 0.1) is 0 Å². The maximum Gasteiger partial charge on any atom is 0.0467 e. The largest absolute Gasteiger partial charge is 0.310 e. The second kappa shape index (κ2) is 10.5. The smallest absolute Gasteiger partial charge is 0.0467 e. The molecule has 0 radical (unpaired) electrons. The minimum absolute atomic E-state index is 0.0876. The van der Waals surface area contributed by atoms with Crippen molar-refractivity contribution in [3.8, 4) is 33.4 Å². The minimum atomic E-state index is -0.0876. The molecule has 50 heavy (non-hydrogen) atoms. The van der Waals surface area contributed by atoms with Crippen LogP contribution >= 0.6 is 11.3 Å². The maximum absolute atomic E-state index is 2.47. The van der Waals surface area contributed by atoms with Gasteiger partial charge in [0.05, 0.1) is 0 Å². The summed E-state index contributed by atoms with van der Waals surface area (Å²) in [7, 11) is 0. The fourth-order valence-electron chi connectivity index (χ4n) is 8.84. The zero-order chi connectivity index (χ0) is 33.8. The molecule has 0 atom stereocenters. The standard InChI is InChI=1S/C48H37NS/c1-47(2)41-17-8-5-14-35(41)37-23-21-33(28-43(37)47)49(34-22-24-38-36-15-6-9-18-42(36)48(3,4)44(38)29-34)32-13-11-12-30(26-32)31-20-25-46-40(27-31)39-16-7-10-19-45(39)50-46/h5-29H,1-4H3. The molecule has 2 aliphatic carbocycles. The summed E-state index contributed by atoms with van der Waals surface area (Å²) >= 11 is 1.87. The van der Waals surface area contributed by atoms with Gasteiger partial charge in [0.2, 0.25) is 0 Å². The molecule has 0 fully saturated rings. The lowest BCUT2D eigenvalue weighted by molar-refractivity contribution is 0.660. The number of benzene rings is 7. The number of nitrogens with zero attached hydrogens (tertiary/aromatic N) is 1. The van der Waals surface area contributed by atoms with Crippen LogP contribution in [0.4, 0.5) is 17.1 Å². The van der Waals surface area contributed by atoms with Crippen molar-refractivity contribution in [1.29, 1.82) is 0 Å². The van der Waals surface area contributed by atoms with E-state index in [2.05, 4.69) is 184 Å². The third-order valence-corrected chi connectivity index (χ3v) is 12.6. The molecule has 2 aliphatic rings. The first kappa shape index (κ1) is 29.5. The quantitative estimate of drug-likeness (QED) is 0.182. The summed E-state index contributed by atoms with van der Waals surface area (Å²) in [5, 5.41) is 2.65. The number of fused-ring (bicyclic) bond motifs is 9. The van der Waals surface area contributed by atoms with E-state index < -0.39 is 0 Å². The third-order valence-electron chi connectivity index (χ3n) is 11.5. The molecule has 10 rings (SSSR count). The van der Waals surface area contributed by atoms with Gasteiger partial charge in [-0.3, -0.25) is 0 Å². The second-order valence-corrected chi connectivity index (χ2v) is 16.1. The molecule has 1 heterocycles. The van der Waals surface area contributed by atoms with Crippen molar-refractivity contribution in [2.45, 2.75) is 38.5 Å². The normalized spacial score (nSPS) is 14.7. The van der Waals surface area contributed by atoms with Gasteiger partial charge in [0, 0.05) is 48.1 Å². The van der Waals surface area contributed by atoms with E-state index >= 15 is 0 Å². The van der Waals surface area contributed by atoms with Crippen molar-refractivity contribution in [2.24, 2.45) is 0 Å². The number of rotatable bonds is 4. The molecule has 2 heteroatoms. The first-order valence-electron chi connectivity index (χ1n) is 17.6. The van der Waals surface area contributed by atoms with Crippen LogP contribution < -0.4 is 4.90 Å². The molecule has 7 aromatic carbocycles. The Balaban J connectivity index is 1.16. The van der Waals surface area contributed by atoms with Gasteiger partial charge in [-0.2, -0.15) is 0 Å². The molecular weight excluding hydrogens is 623 g/mol. The fourth-order valence-corrected chi connectivity index (χ4v) is 9.93. The molecule has 8 aromatic rings. The lowest BCUT2D eigenvalue weighted by Gasteiger charge is -2.30. The zero-order valence-corrected chi connectivity index (χ0v) is 29.6. The Morgan fingerprint density at radius 1 is 0.380 bits per heavy atom. The molecule has 0 aliphatic heterocycles. The summed E-state index contributed by atoms with van der Waals surface area (Å²) in [6.45, 7) is 9.47.